The van der Waals surface area contributed by atoms with E-state index < -0.39 is 6.23 Å². The number of rotatable bonds is 5. The topological polar surface area (TPSA) is 61.5 Å². The van der Waals surface area contributed by atoms with Gasteiger partial charge in [0.15, 0.2) is 0 Å². The molecule has 0 aliphatic heterocycles. The van der Waals surface area contributed by atoms with Crippen LogP contribution >= 0.6 is 0 Å². The van der Waals surface area contributed by atoms with E-state index in [2.05, 4.69) is 5.32 Å². The van der Waals surface area contributed by atoms with E-state index >= 15 is 0 Å². The third kappa shape index (κ3) is 3.79. The first-order valence-electron chi connectivity index (χ1n) is 3.45. The number of aliphatic hydroxyl groups excluding tert-OH is 1. The summed E-state index contributed by atoms with van der Waals surface area (Å²) in [6, 6.07) is 0. The summed E-state index contributed by atoms with van der Waals surface area (Å²) < 4.78 is 0. The van der Waals surface area contributed by atoms with Crippen LogP contribution in [-0.2, 0) is 0 Å². The van der Waals surface area contributed by atoms with Crippen LogP contribution < -0.4 is 11.1 Å². The largest absolute Gasteiger partial charge is 0.377 e. The first-order chi connectivity index (χ1) is 4.72. The molecule has 0 aliphatic carbocycles. The predicted octanol–water partition coefficient (Wildman–Crippen LogP) is -1.59. The minimum Gasteiger partial charge on any atom is -0.377 e. The van der Waals surface area contributed by atoms with Gasteiger partial charge < -0.3 is 16.2 Å². The van der Waals surface area contributed by atoms with Crippen molar-refractivity contribution < 1.29 is 5.11 Å². The third-order valence-electron chi connectivity index (χ3n) is 1.43. The second-order valence-electron chi connectivity index (χ2n) is 2.30. The van der Waals surface area contributed by atoms with Crippen molar-refractivity contribution in [3.8, 4) is 0 Å². The first kappa shape index (κ1) is 9.84. The fourth-order valence-electron chi connectivity index (χ4n) is 0.617. The van der Waals surface area contributed by atoms with Gasteiger partial charge in [-0.05, 0) is 14.1 Å². The molecule has 62 valence electrons. The maximum absolute atomic E-state index is 9.13. The molecular weight excluding hydrogens is 130 g/mol. The number of nitrogens with two attached hydrogens (primary N) is 1. The summed E-state index contributed by atoms with van der Waals surface area (Å²) in [7, 11) is 3.72. The molecule has 0 saturated carbocycles. The number of hydrogen-bond acceptors (Lipinski definition) is 4. The number of nitrogens with zero attached hydrogens (tertiary/aromatic N) is 1. The van der Waals surface area contributed by atoms with Crippen LogP contribution in [0.25, 0.3) is 0 Å². The van der Waals surface area contributed by atoms with Crippen molar-refractivity contribution in [1.82, 2.24) is 10.2 Å². The van der Waals surface area contributed by atoms with E-state index in [1.54, 1.807) is 4.90 Å². The molecule has 0 aromatic rings. The molecule has 0 aromatic heterocycles. The first-order valence-corrected chi connectivity index (χ1v) is 3.45. The summed E-state index contributed by atoms with van der Waals surface area (Å²) in [5.41, 5.74) is 5.23. The number of hydrogen-bond donors (Lipinski definition) is 3. The highest BCUT2D eigenvalue weighted by Gasteiger charge is 2.06. The van der Waals surface area contributed by atoms with Gasteiger partial charge in [-0.3, -0.25) is 4.90 Å². The highest BCUT2D eigenvalue weighted by molar-refractivity contribution is 4.57. The standard InChI is InChI=1S/C6H17N3O/c1-8-3-4-9(2)6(10)5-7/h6,8,10H,3-5,7H2,1-2H3. The fraction of sp³-hybridized carbons (Fsp3) is 1.00. The predicted molar refractivity (Wildman–Crippen MR) is 41.6 cm³/mol. The Morgan fingerprint density at radius 3 is 2.70 bits per heavy atom. The van der Waals surface area contributed by atoms with Crippen LogP contribution in [-0.4, -0.2) is 50.0 Å². The highest BCUT2D eigenvalue weighted by atomic mass is 16.3. The van der Waals surface area contributed by atoms with Gasteiger partial charge in [-0.2, -0.15) is 0 Å². The summed E-state index contributed by atoms with van der Waals surface area (Å²) in [6.07, 6.45) is -0.506. The quantitative estimate of drug-likeness (QED) is 0.410. The minimum absolute atomic E-state index is 0.292. The average Bonchev–Trinajstić information content (AvgIpc) is 1.98. The number of nitrogens with one attached hydrogen (secondary N) is 1. The molecule has 0 bridgehead atoms. The Labute approximate surface area is 62.0 Å². The van der Waals surface area contributed by atoms with Crippen LogP contribution in [0.1, 0.15) is 0 Å². The maximum atomic E-state index is 9.13. The second kappa shape index (κ2) is 5.61. The molecule has 0 rings (SSSR count). The summed E-state index contributed by atoms with van der Waals surface area (Å²) in [5.74, 6) is 0. The van der Waals surface area contributed by atoms with Crippen LogP contribution in [0.4, 0.5) is 0 Å². The molecule has 0 spiro atoms. The van der Waals surface area contributed by atoms with Crippen molar-refractivity contribution in [2.45, 2.75) is 6.23 Å². The molecule has 4 nitrogen and oxygen atoms in total. The molecule has 10 heavy (non-hydrogen) atoms. The third-order valence-corrected chi connectivity index (χ3v) is 1.43. The van der Waals surface area contributed by atoms with E-state index in [1.165, 1.54) is 0 Å². The molecule has 4 N–H and O–H groups in total. The van der Waals surface area contributed by atoms with Gasteiger partial charge in [0.1, 0.15) is 6.23 Å². The van der Waals surface area contributed by atoms with Gasteiger partial charge >= 0.3 is 0 Å². The zero-order chi connectivity index (χ0) is 7.98. The average molecular weight is 147 g/mol. The van der Waals surface area contributed by atoms with Gasteiger partial charge in [-0.25, -0.2) is 0 Å². The Kier molecular flexibility index (Phi) is 5.52. The van der Waals surface area contributed by atoms with E-state index in [9.17, 15) is 0 Å². The molecule has 0 fully saturated rings. The molecule has 0 heterocycles. The van der Waals surface area contributed by atoms with Gasteiger partial charge in [0.25, 0.3) is 0 Å². The lowest BCUT2D eigenvalue weighted by Crippen LogP contribution is -2.40. The Hall–Kier alpha value is -0.160. The molecule has 0 saturated heterocycles. The smallest absolute Gasteiger partial charge is 0.119 e. The molecule has 0 aliphatic rings. The van der Waals surface area contributed by atoms with Gasteiger partial charge in [0.05, 0.1) is 0 Å². The van der Waals surface area contributed by atoms with Crippen molar-refractivity contribution in [2.24, 2.45) is 5.73 Å². The van der Waals surface area contributed by atoms with Crippen molar-refractivity contribution in [1.29, 1.82) is 0 Å². The van der Waals surface area contributed by atoms with Crippen LogP contribution in [0.3, 0.4) is 0 Å². The Morgan fingerprint density at radius 2 is 2.30 bits per heavy atom. The summed E-state index contributed by atoms with van der Waals surface area (Å²) >= 11 is 0. The summed E-state index contributed by atoms with van der Waals surface area (Å²) in [4.78, 5) is 1.80. The van der Waals surface area contributed by atoms with Crippen molar-refractivity contribution in [3.63, 3.8) is 0 Å². The molecule has 0 radical (unpaired) electrons. The van der Waals surface area contributed by atoms with Gasteiger partial charge in [-0.1, -0.05) is 0 Å². The van der Waals surface area contributed by atoms with E-state index in [0.717, 1.165) is 13.1 Å². The highest BCUT2D eigenvalue weighted by Crippen LogP contribution is 1.86. The number of likely N-dealkylation sites (N-methyl/N-ethyl adjacent to an activating group) is 2. The van der Waals surface area contributed by atoms with Gasteiger partial charge in [-0.15, -0.1) is 0 Å². The Balaban J connectivity index is 3.31. The summed E-state index contributed by atoms with van der Waals surface area (Å²) in [5, 5.41) is 12.1. The van der Waals surface area contributed by atoms with Gasteiger partial charge in [0, 0.05) is 19.6 Å². The van der Waals surface area contributed by atoms with Crippen LogP contribution in [0, 0.1) is 0 Å². The van der Waals surface area contributed by atoms with Crippen LogP contribution in [0.15, 0.2) is 0 Å². The zero-order valence-electron chi connectivity index (χ0n) is 6.67. The molecule has 4 heteroatoms. The maximum Gasteiger partial charge on any atom is 0.119 e. The Morgan fingerprint density at radius 1 is 1.70 bits per heavy atom. The summed E-state index contributed by atoms with van der Waals surface area (Å²) in [6.45, 7) is 1.97. The fourth-order valence-corrected chi connectivity index (χ4v) is 0.617. The van der Waals surface area contributed by atoms with E-state index in [4.69, 9.17) is 10.8 Å². The molecule has 0 amide bonds. The van der Waals surface area contributed by atoms with Gasteiger partial charge in [0.2, 0.25) is 0 Å². The number of aliphatic hydroxyl groups is 1. The minimum atomic E-state index is -0.506. The van der Waals surface area contributed by atoms with Crippen LogP contribution in [0.2, 0.25) is 0 Å². The monoisotopic (exact) mass is 147 g/mol. The lowest BCUT2D eigenvalue weighted by Gasteiger charge is -2.21. The normalized spacial score (nSPS) is 14.1. The molecule has 0 aromatic carbocycles. The van der Waals surface area contributed by atoms with Crippen LogP contribution in [0.5, 0.6) is 0 Å². The zero-order valence-corrected chi connectivity index (χ0v) is 6.67. The Bertz CT molecular complexity index is 79.4. The van der Waals surface area contributed by atoms with Crippen molar-refractivity contribution in [2.75, 3.05) is 33.7 Å². The molecule has 1 unspecified atom stereocenters. The lowest BCUT2D eigenvalue weighted by atomic mass is 10.4. The van der Waals surface area contributed by atoms with Crippen molar-refractivity contribution in [3.05, 3.63) is 0 Å². The second-order valence-corrected chi connectivity index (χ2v) is 2.30. The van der Waals surface area contributed by atoms with E-state index in [1.807, 2.05) is 14.1 Å². The SMILES string of the molecule is CNCCN(C)C(O)CN. The van der Waals surface area contributed by atoms with Crippen molar-refractivity contribution >= 4 is 0 Å². The van der Waals surface area contributed by atoms with E-state index in [-0.39, 0.29) is 0 Å². The lowest BCUT2D eigenvalue weighted by molar-refractivity contribution is 0.0312. The molecule has 1 atom stereocenters. The molecular formula is C6H17N3O. The van der Waals surface area contributed by atoms with E-state index in [0.29, 0.717) is 6.54 Å².